The molecule has 8 heteroatoms. The summed E-state index contributed by atoms with van der Waals surface area (Å²) in [5, 5.41) is 0. The number of halogens is 1. The highest BCUT2D eigenvalue weighted by Crippen LogP contribution is 2.26. The van der Waals surface area contributed by atoms with Crippen molar-refractivity contribution >= 4 is 23.6 Å². The molecule has 1 aliphatic heterocycles. The number of rotatable bonds is 2. The Morgan fingerprint density at radius 1 is 1.18 bits per heavy atom. The zero-order chi connectivity index (χ0) is 15.1. The van der Waals surface area contributed by atoms with E-state index < -0.39 is 0 Å². The van der Waals surface area contributed by atoms with E-state index in [-0.39, 0.29) is 23.7 Å². The number of aromatic amines is 1. The van der Waals surface area contributed by atoms with Crippen LogP contribution < -0.4 is 11.2 Å². The zero-order valence-corrected chi connectivity index (χ0v) is 13.9. The van der Waals surface area contributed by atoms with Gasteiger partial charge >= 0.3 is 5.69 Å². The first-order valence-corrected chi connectivity index (χ1v) is 7.41. The second kappa shape index (κ2) is 6.26. The van der Waals surface area contributed by atoms with Crippen LogP contribution in [0.4, 0.5) is 0 Å². The van der Waals surface area contributed by atoms with Gasteiger partial charge in [-0.1, -0.05) is 6.92 Å². The van der Waals surface area contributed by atoms with Gasteiger partial charge in [-0.15, -0.1) is 12.4 Å². The summed E-state index contributed by atoms with van der Waals surface area (Å²) in [4.78, 5) is 34.2. The van der Waals surface area contributed by atoms with Gasteiger partial charge in [0.1, 0.15) is 11.3 Å². The van der Waals surface area contributed by atoms with Crippen LogP contribution in [-0.2, 0) is 14.1 Å². The largest absolute Gasteiger partial charge is 0.336 e. The molecule has 22 heavy (non-hydrogen) atoms. The monoisotopic (exact) mass is 327 g/mol. The summed E-state index contributed by atoms with van der Waals surface area (Å²) in [6, 6.07) is 0. The SMILES string of the molecule is CCN1CCC(c2nc3c([nH]2)c(=O)n(C)c(=O)n3C)CC1.Cl. The lowest BCUT2D eigenvalue weighted by Crippen LogP contribution is -2.36. The minimum Gasteiger partial charge on any atom is -0.336 e. The molecule has 0 bridgehead atoms. The van der Waals surface area contributed by atoms with Crippen molar-refractivity contribution in [3.05, 3.63) is 26.7 Å². The van der Waals surface area contributed by atoms with Gasteiger partial charge in [0.25, 0.3) is 5.56 Å². The summed E-state index contributed by atoms with van der Waals surface area (Å²) < 4.78 is 2.54. The van der Waals surface area contributed by atoms with Crippen molar-refractivity contribution in [2.24, 2.45) is 14.1 Å². The number of nitrogens with zero attached hydrogens (tertiary/aromatic N) is 4. The van der Waals surface area contributed by atoms with Gasteiger partial charge in [0, 0.05) is 20.0 Å². The van der Waals surface area contributed by atoms with Crippen LogP contribution in [-0.4, -0.2) is 43.6 Å². The van der Waals surface area contributed by atoms with Crippen molar-refractivity contribution in [3.63, 3.8) is 0 Å². The van der Waals surface area contributed by atoms with E-state index in [4.69, 9.17) is 0 Å². The standard InChI is InChI=1S/C14H21N5O2.ClH/c1-4-19-7-5-9(6-8-19)11-15-10-12(16-11)17(2)14(21)18(3)13(10)20;/h9H,4-8H2,1-3H3,(H,15,16);1H. The second-order valence-corrected chi connectivity index (χ2v) is 5.73. The van der Waals surface area contributed by atoms with Crippen LogP contribution in [0.1, 0.15) is 31.5 Å². The summed E-state index contributed by atoms with van der Waals surface area (Å²) in [5.41, 5.74) is 0.229. The predicted octanol–water partition coefficient (Wildman–Crippen LogP) is 0.581. The first-order chi connectivity index (χ1) is 10.0. The lowest BCUT2D eigenvalue weighted by atomic mass is 9.96. The topological polar surface area (TPSA) is 75.9 Å². The fourth-order valence-corrected chi connectivity index (χ4v) is 3.06. The van der Waals surface area contributed by atoms with Crippen LogP contribution in [0.15, 0.2) is 9.59 Å². The molecular weight excluding hydrogens is 306 g/mol. The number of aryl methyl sites for hydroxylation is 1. The zero-order valence-electron chi connectivity index (χ0n) is 13.1. The normalized spacial score (nSPS) is 16.9. The molecule has 0 aliphatic carbocycles. The van der Waals surface area contributed by atoms with Crippen LogP contribution in [0.2, 0.25) is 0 Å². The van der Waals surface area contributed by atoms with E-state index in [1.807, 2.05) is 0 Å². The second-order valence-electron chi connectivity index (χ2n) is 5.73. The predicted molar refractivity (Wildman–Crippen MR) is 87.9 cm³/mol. The molecule has 1 N–H and O–H groups in total. The molecule has 1 aliphatic rings. The Bertz CT molecular complexity index is 783. The Morgan fingerprint density at radius 3 is 2.41 bits per heavy atom. The number of hydrogen-bond donors (Lipinski definition) is 1. The molecule has 0 amide bonds. The van der Waals surface area contributed by atoms with Crippen LogP contribution >= 0.6 is 12.4 Å². The molecule has 1 saturated heterocycles. The lowest BCUT2D eigenvalue weighted by Gasteiger charge is -2.29. The average Bonchev–Trinajstić information content (AvgIpc) is 2.96. The Hall–Kier alpha value is -1.60. The van der Waals surface area contributed by atoms with Gasteiger partial charge in [-0.3, -0.25) is 13.9 Å². The number of hydrogen-bond acceptors (Lipinski definition) is 4. The van der Waals surface area contributed by atoms with Gasteiger partial charge in [0.15, 0.2) is 5.65 Å². The number of fused-ring (bicyclic) bond motifs is 1. The van der Waals surface area contributed by atoms with Crippen LogP contribution in [0.5, 0.6) is 0 Å². The molecule has 3 rings (SSSR count). The van der Waals surface area contributed by atoms with Gasteiger partial charge in [-0.2, -0.15) is 0 Å². The summed E-state index contributed by atoms with van der Waals surface area (Å²) in [6.45, 7) is 5.34. The van der Waals surface area contributed by atoms with E-state index >= 15 is 0 Å². The van der Waals surface area contributed by atoms with Gasteiger partial charge in [-0.25, -0.2) is 9.78 Å². The maximum absolute atomic E-state index is 12.2. The van der Waals surface area contributed by atoms with Crippen LogP contribution in [0.25, 0.3) is 11.2 Å². The number of imidazole rings is 1. The van der Waals surface area contributed by atoms with E-state index in [1.54, 1.807) is 7.05 Å². The average molecular weight is 328 g/mol. The molecule has 0 spiro atoms. The van der Waals surface area contributed by atoms with Crippen molar-refractivity contribution in [2.75, 3.05) is 19.6 Å². The molecule has 1 fully saturated rings. The molecule has 0 aromatic carbocycles. The lowest BCUT2D eigenvalue weighted by molar-refractivity contribution is 0.219. The molecule has 0 unspecified atom stereocenters. The van der Waals surface area contributed by atoms with E-state index in [2.05, 4.69) is 21.8 Å². The van der Waals surface area contributed by atoms with E-state index in [9.17, 15) is 9.59 Å². The Morgan fingerprint density at radius 2 is 1.82 bits per heavy atom. The quantitative estimate of drug-likeness (QED) is 0.875. The maximum atomic E-state index is 12.2. The number of aromatic nitrogens is 4. The highest BCUT2D eigenvalue weighted by atomic mass is 35.5. The van der Waals surface area contributed by atoms with Crippen LogP contribution in [0.3, 0.4) is 0 Å². The van der Waals surface area contributed by atoms with Crippen LogP contribution in [0, 0.1) is 0 Å². The van der Waals surface area contributed by atoms with Crippen molar-refractivity contribution in [2.45, 2.75) is 25.7 Å². The Balaban J connectivity index is 0.00000176. The van der Waals surface area contributed by atoms with Gasteiger partial charge in [-0.05, 0) is 32.5 Å². The first kappa shape index (κ1) is 16.8. The molecule has 0 atom stereocenters. The number of H-pyrrole nitrogens is 1. The number of piperidine rings is 1. The molecule has 2 aromatic heterocycles. The minimum atomic E-state index is -0.341. The Labute approximate surface area is 134 Å². The molecule has 122 valence electrons. The number of likely N-dealkylation sites (tertiary alicyclic amines) is 1. The molecule has 3 heterocycles. The maximum Gasteiger partial charge on any atom is 0.332 e. The summed E-state index contributed by atoms with van der Waals surface area (Å²) in [5.74, 6) is 1.17. The first-order valence-electron chi connectivity index (χ1n) is 7.41. The van der Waals surface area contributed by atoms with Gasteiger partial charge in [0.05, 0.1) is 0 Å². The fourth-order valence-electron chi connectivity index (χ4n) is 3.06. The number of nitrogens with one attached hydrogen (secondary N) is 1. The molecule has 2 aromatic rings. The van der Waals surface area contributed by atoms with E-state index in [0.29, 0.717) is 17.1 Å². The van der Waals surface area contributed by atoms with Crippen molar-refractivity contribution in [1.82, 2.24) is 24.0 Å². The van der Waals surface area contributed by atoms with E-state index in [1.165, 1.54) is 11.6 Å². The molecular formula is C14H22ClN5O2. The molecule has 0 radical (unpaired) electrons. The highest BCUT2D eigenvalue weighted by Gasteiger charge is 2.23. The summed E-state index contributed by atoms with van der Waals surface area (Å²) >= 11 is 0. The fraction of sp³-hybridized carbons (Fsp3) is 0.643. The van der Waals surface area contributed by atoms with Crippen molar-refractivity contribution < 1.29 is 0 Å². The van der Waals surface area contributed by atoms with Gasteiger partial charge < -0.3 is 9.88 Å². The molecule has 7 nitrogen and oxygen atoms in total. The highest BCUT2D eigenvalue weighted by molar-refractivity contribution is 5.85. The molecule has 0 saturated carbocycles. The third-order valence-corrected chi connectivity index (χ3v) is 4.53. The van der Waals surface area contributed by atoms with Crippen molar-refractivity contribution in [3.8, 4) is 0 Å². The Kier molecular flexibility index (Phi) is 4.77. The third-order valence-electron chi connectivity index (χ3n) is 4.53. The summed E-state index contributed by atoms with van der Waals surface area (Å²) in [7, 11) is 3.14. The van der Waals surface area contributed by atoms with Crippen molar-refractivity contribution in [1.29, 1.82) is 0 Å². The van der Waals surface area contributed by atoms with Gasteiger partial charge in [0.2, 0.25) is 0 Å². The van der Waals surface area contributed by atoms with E-state index in [0.717, 1.165) is 42.9 Å². The minimum absolute atomic E-state index is 0. The summed E-state index contributed by atoms with van der Waals surface area (Å²) in [6.07, 6.45) is 2.06. The third kappa shape index (κ3) is 2.59. The smallest absolute Gasteiger partial charge is 0.332 e.